The minimum absolute atomic E-state index is 0.370. The molecule has 2 heteroatoms. The lowest BCUT2D eigenvalue weighted by atomic mass is 9.88. The highest BCUT2D eigenvalue weighted by Crippen LogP contribution is 2.44. The van der Waals surface area contributed by atoms with Gasteiger partial charge in [0.15, 0.2) is 0 Å². The van der Waals surface area contributed by atoms with E-state index in [4.69, 9.17) is 0 Å². The molecule has 1 aliphatic heterocycles. The SMILES string of the molecule is O=C(CCN1CCCCC1)C1CC2C=CC1C2. The van der Waals surface area contributed by atoms with Crippen molar-refractivity contribution in [3.8, 4) is 0 Å². The summed E-state index contributed by atoms with van der Waals surface area (Å²) in [6, 6.07) is 0. The molecular weight excluding hydrogens is 210 g/mol. The van der Waals surface area contributed by atoms with Crippen LogP contribution in [0.15, 0.2) is 12.2 Å². The summed E-state index contributed by atoms with van der Waals surface area (Å²) in [6.07, 6.45) is 11.8. The number of Topliss-reactive ketones (excluding diaryl/α,β-unsaturated/α-hetero) is 1. The first kappa shape index (κ1) is 11.5. The molecule has 0 aromatic rings. The lowest BCUT2D eigenvalue weighted by Crippen LogP contribution is -2.33. The Labute approximate surface area is 104 Å². The molecule has 3 rings (SSSR count). The Balaban J connectivity index is 1.45. The summed E-state index contributed by atoms with van der Waals surface area (Å²) >= 11 is 0. The Kier molecular flexibility index (Phi) is 3.32. The molecule has 3 atom stereocenters. The topological polar surface area (TPSA) is 20.3 Å². The molecule has 3 aliphatic rings. The van der Waals surface area contributed by atoms with Crippen LogP contribution in [0.5, 0.6) is 0 Å². The molecule has 0 amide bonds. The standard InChI is InChI=1S/C15H23NO/c17-15(6-9-16-7-2-1-3-8-16)14-11-12-4-5-13(14)10-12/h4-5,12-14H,1-3,6-11H2. The van der Waals surface area contributed by atoms with Crippen molar-refractivity contribution in [1.29, 1.82) is 0 Å². The number of piperidine rings is 1. The monoisotopic (exact) mass is 233 g/mol. The van der Waals surface area contributed by atoms with E-state index >= 15 is 0 Å². The minimum Gasteiger partial charge on any atom is -0.303 e. The van der Waals surface area contributed by atoms with E-state index in [0.29, 0.717) is 17.6 Å². The molecule has 0 aromatic carbocycles. The fourth-order valence-electron chi connectivity index (χ4n) is 3.79. The van der Waals surface area contributed by atoms with Gasteiger partial charge in [-0.05, 0) is 50.6 Å². The number of hydrogen-bond acceptors (Lipinski definition) is 2. The zero-order valence-corrected chi connectivity index (χ0v) is 10.6. The maximum Gasteiger partial charge on any atom is 0.137 e. The molecule has 1 heterocycles. The van der Waals surface area contributed by atoms with Crippen LogP contribution in [0.3, 0.4) is 0 Å². The molecular formula is C15H23NO. The summed E-state index contributed by atoms with van der Waals surface area (Å²) < 4.78 is 0. The van der Waals surface area contributed by atoms with Gasteiger partial charge in [0, 0.05) is 18.9 Å². The Morgan fingerprint density at radius 2 is 1.94 bits per heavy atom. The van der Waals surface area contributed by atoms with Gasteiger partial charge >= 0.3 is 0 Å². The molecule has 2 nitrogen and oxygen atoms in total. The molecule has 0 N–H and O–H groups in total. The molecule has 0 radical (unpaired) electrons. The Morgan fingerprint density at radius 1 is 1.12 bits per heavy atom. The number of ketones is 1. The van der Waals surface area contributed by atoms with Crippen molar-refractivity contribution >= 4 is 5.78 Å². The van der Waals surface area contributed by atoms with E-state index < -0.39 is 0 Å². The fraction of sp³-hybridized carbons (Fsp3) is 0.800. The van der Waals surface area contributed by atoms with Crippen LogP contribution >= 0.6 is 0 Å². The van der Waals surface area contributed by atoms with Gasteiger partial charge in [-0.3, -0.25) is 4.79 Å². The number of carbonyl (C=O) groups excluding carboxylic acids is 1. The number of rotatable bonds is 4. The minimum atomic E-state index is 0.370. The van der Waals surface area contributed by atoms with Crippen molar-refractivity contribution in [2.45, 2.75) is 38.5 Å². The third-order valence-corrected chi connectivity index (χ3v) is 4.82. The van der Waals surface area contributed by atoms with Gasteiger partial charge in [0.05, 0.1) is 0 Å². The van der Waals surface area contributed by atoms with Gasteiger partial charge in [0.1, 0.15) is 5.78 Å². The maximum atomic E-state index is 12.2. The number of nitrogens with zero attached hydrogens (tertiary/aromatic N) is 1. The van der Waals surface area contributed by atoms with Gasteiger partial charge in [-0.2, -0.15) is 0 Å². The van der Waals surface area contributed by atoms with E-state index in [-0.39, 0.29) is 0 Å². The van der Waals surface area contributed by atoms with Crippen molar-refractivity contribution in [3.63, 3.8) is 0 Å². The molecule has 0 aromatic heterocycles. The third-order valence-electron chi connectivity index (χ3n) is 4.82. The van der Waals surface area contributed by atoms with Crippen LogP contribution in [0.4, 0.5) is 0 Å². The number of hydrogen-bond donors (Lipinski definition) is 0. The van der Waals surface area contributed by atoms with E-state index in [9.17, 15) is 4.79 Å². The largest absolute Gasteiger partial charge is 0.303 e. The van der Waals surface area contributed by atoms with Crippen molar-refractivity contribution < 1.29 is 4.79 Å². The highest BCUT2D eigenvalue weighted by Gasteiger charge is 2.39. The van der Waals surface area contributed by atoms with E-state index in [1.165, 1.54) is 38.8 Å². The Morgan fingerprint density at radius 3 is 2.59 bits per heavy atom. The number of allylic oxidation sites excluding steroid dienone is 2. The second-order valence-corrected chi connectivity index (χ2v) is 6.01. The van der Waals surface area contributed by atoms with Crippen molar-refractivity contribution in [2.75, 3.05) is 19.6 Å². The predicted molar refractivity (Wildman–Crippen MR) is 68.8 cm³/mol. The molecule has 94 valence electrons. The summed E-state index contributed by atoms with van der Waals surface area (Å²) in [6.45, 7) is 3.43. The molecule has 2 bridgehead atoms. The number of fused-ring (bicyclic) bond motifs is 2. The number of likely N-dealkylation sites (tertiary alicyclic amines) is 1. The summed E-state index contributed by atoms with van der Waals surface area (Å²) in [5.41, 5.74) is 0. The van der Waals surface area contributed by atoms with Crippen LogP contribution in [0.25, 0.3) is 0 Å². The van der Waals surface area contributed by atoms with Crippen molar-refractivity contribution in [2.24, 2.45) is 17.8 Å². The average Bonchev–Trinajstić information content (AvgIpc) is 2.99. The van der Waals surface area contributed by atoms with Crippen molar-refractivity contribution in [1.82, 2.24) is 4.90 Å². The van der Waals surface area contributed by atoms with E-state index in [2.05, 4.69) is 17.1 Å². The second kappa shape index (κ2) is 4.93. The molecule has 2 fully saturated rings. The fourth-order valence-corrected chi connectivity index (χ4v) is 3.79. The molecule has 0 spiro atoms. The zero-order valence-electron chi connectivity index (χ0n) is 10.6. The van der Waals surface area contributed by atoms with Crippen molar-refractivity contribution in [3.05, 3.63) is 12.2 Å². The van der Waals surface area contributed by atoms with Gasteiger partial charge in [-0.15, -0.1) is 0 Å². The lowest BCUT2D eigenvalue weighted by Gasteiger charge is -2.27. The van der Waals surface area contributed by atoms with Gasteiger partial charge in [-0.25, -0.2) is 0 Å². The first-order valence-corrected chi connectivity index (χ1v) is 7.26. The Bertz CT molecular complexity index is 317. The van der Waals surface area contributed by atoms with Crippen LogP contribution in [-0.2, 0) is 4.79 Å². The predicted octanol–water partition coefficient (Wildman–Crippen LogP) is 2.64. The molecule has 3 unspecified atom stereocenters. The van der Waals surface area contributed by atoms with Gasteiger partial charge in [0.2, 0.25) is 0 Å². The lowest BCUT2D eigenvalue weighted by molar-refractivity contribution is -0.123. The highest BCUT2D eigenvalue weighted by molar-refractivity contribution is 5.82. The van der Waals surface area contributed by atoms with Crippen LogP contribution < -0.4 is 0 Å². The number of carbonyl (C=O) groups is 1. The summed E-state index contributed by atoms with van der Waals surface area (Å²) in [5, 5.41) is 0. The Hall–Kier alpha value is -0.630. The molecule has 1 saturated heterocycles. The summed E-state index contributed by atoms with van der Waals surface area (Å²) in [5.74, 6) is 2.22. The maximum absolute atomic E-state index is 12.2. The summed E-state index contributed by atoms with van der Waals surface area (Å²) in [4.78, 5) is 14.7. The van der Waals surface area contributed by atoms with E-state index in [1.54, 1.807) is 0 Å². The molecule has 1 saturated carbocycles. The van der Waals surface area contributed by atoms with Gasteiger partial charge < -0.3 is 4.90 Å². The summed E-state index contributed by atoms with van der Waals surface area (Å²) in [7, 11) is 0. The smallest absolute Gasteiger partial charge is 0.137 e. The molecule has 17 heavy (non-hydrogen) atoms. The van der Waals surface area contributed by atoms with E-state index in [0.717, 1.165) is 25.3 Å². The van der Waals surface area contributed by atoms with Crippen LogP contribution in [-0.4, -0.2) is 30.3 Å². The van der Waals surface area contributed by atoms with Crippen LogP contribution in [0.2, 0.25) is 0 Å². The van der Waals surface area contributed by atoms with E-state index in [1.807, 2.05) is 0 Å². The quantitative estimate of drug-likeness (QED) is 0.696. The van der Waals surface area contributed by atoms with Crippen LogP contribution in [0, 0.1) is 17.8 Å². The first-order valence-electron chi connectivity index (χ1n) is 7.26. The first-order chi connectivity index (χ1) is 8.33. The third kappa shape index (κ3) is 2.47. The second-order valence-electron chi connectivity index (χ2n) is 6.01. The normalized spacial score (nSPS) is 36.6. The zero-order chi connectivity index (χ0) is 11.7. The van der Waals surface area contributed by atoms with Gasteiger partial charge in [-0.1, -0.05) is 18.6 Å². The average molecular weight is 233 g/mol. The van der Waals surface area contributed by atoms with Gasteiger partial charge in [0.25, 0.3) is 0 Å². The highest BCUT2D eigenvalue weighted by atomic mass is 16.1. The molecule has 2 aliphatic carbocycles. The van der Waals surface area contributed by atoms with Crippen LogP contribution in [0.1, 0.15) is 38.5 Å².